The molecule has 1 aromatic rings. The number of nitrogens with zero attached hydrogens (tertiary/aromatic N) is 2. The van der Waals surface area contributed by atoms with Crippen molar-refractivity contribution in [3.63, 3.8) is 0 Å². The van der Waals surface area contributed by atoms with Crippen molar-refractivity contribution in [3.05, 3.63) is 35.6 Å². The zero-order valence-corrected chi connectivity index (χ0v) is 15.1. The SMILES string of the molecule is CC(CN1CCN(C)CC1)NC(=O)CCCC(=O)c1ccc(F)cc1. The van der Waals surface area contributed by atoms with E-state index in [0.29, 0.717) is 24.8 Å². The number of hydrogen-bond donors (Lipinski definition) is 1. The van der Waals surface area contributed by atoms with Crippen LogP contribution in [0.4, 0.5) is 4.39 Å². The fraction of sp³-hybridized carbons (Fsp3) is 0.579. The molecule has 1 amide bonds. The average molecular weight is 349 g/mol. The van der Waals surface area contributed by atoms with Crippen molar-refractivity contribution in [1.29, 1.82) is 0 Å². The lowest BCUT2D eigenvalue weighted by atomic mass is 10.1. The smallest absolute Gasteiger partial charge is 0.220 e. The molecule has 0 aliphatic carbocycles. The summed E-state index contributed by atoms with van der Waals surface area (Å²) in [6.45, 7) is 7.05. The molecule has 0 aromatic heterocycles. The van der Waals surface area contributed by atoms with Gasteiger partial charge in [-0.2, -0.15) is 0 Å². The van der Waals surface area contributed by atoms with E-state index in [0.717, 1.165) is 32.7 Å². The third-order valence-corrected chi connectivity index (χ3v) is 4.51. The van der Waals surface area contributed by atoms with Crippen LogP contribution in [0.2, 0.25) is 0 Å². The number of Topliss-reactive ketones (excluding diaryl/α,β-unsaturated/α-hetero) is 1. The van der Waals surface area contributed by atoms with Crippen LogP contribution < -0.4 is 5.32 Å². The van der Waals surface area contributed by atoms with Crippen LogP contribution in [-0.4, -0.2) is 67.3 Å². The Morgan fingerprint density at radius 3 is 2.40 bits per heavy atom. The monoisotopic (exact) mass is 349 g/mol. The number of likely N-dealkylation sites (N-methyl/N-ethyl adjacent to an activating group) is 1. The van der Waals surface area contributed by atoms with E-state index >= 15 is 0 Å². The van der Waals surface area contributed by atoms with Gasteiger partial charge in [0.2, 0.25) is 5.91 Å². The highest BCUT2D eigenvalue weighted by Gasteiger charge is 2.17. The molecule has 1 aliphatic heterocycles. The molecule has 1 unspecified atom stereocenters. The summed E-state index contributed by atoms with van der Waals surface area (Å²) >= 11 is 0. The number of halogens is 1. The van der Waals surface area contributed by atoms with Gasteiger partial charge in [0.05, 0.1) is 0 Å². The van der Waals surface area contributed by atoms with Gasteiger partial charge in [-0.3, -0.25) is 14.5 Å². The van der Waals surface area contributed by atoms with Gasteiger partial charge in [0.25, 0.3) is 0 Å². The van der Waals surface area contributed by atoms with Crippen molar-refractivity contribution in [2.45, 2.75) is 32.2 Å². The molecule has 25 heavy (non-hydrogen) atoms. The van der Waals surface area contributed by atoms with E-state index in [1.54, 1.807) is 0 Å². The lowest BCUT2D eigenvalue weighted by Crippen LogP contribution is -2.49. The van der Waals surface area contributed by atoms with Gasteiger partial charge in [-0.15, -0.1) is 0 Å². The van der Waals surface area contributed by atoms with Gasteiger partial charge in [-0.1, -0.05) is 0 Å². The third-order valence-electron chi connectivity index (χ3n) is 4.51. The molecule has 1 aromatic carbocycles. The predicted octanol–water partition coefficient (Wildman–Crippen LogP) is 1.93. The molecule has 1 aliphatic rings. The maximum atomic E-state index is 12.8. The number of amides is 1. The second-order valence-electron chi connectivity index (χ2n) is 6.86. The summed E-state index contributed by atoms with van der Waals surface area (Å²) in [7, 11) is 2.12. The number of carbonyl (C=O) groups excluding carboxylic acids is 2. The molecule has 2 rings (SSSR count). The van der Waals surface area contributed by atoms with Crippen molar-refractivity contribution in [2.24, 2.45) is 0 Å². The van der Waals surface area contributed by atoms with E-state index in [-0.39, 0.29) is 23.5 Å². The van der Waals surface area contributed by atoms with Crippen LogP contribution in [0.3, 0.4) is 0 Å². The van der Waals surface area contributed by atoms with Crippen molar-refractivity contribution in [3.8, 4) is 0 Å². The Labute approximate surface area is 149 Å². The molecule has 0 bridgehead atoms. The molecular formula is C19H28FN3O2. The summed E-state index contributed by atoms with van der Waals surface area (Å²) < 4.78 is 12.8. The molecular weight excluding hydrogens is 321 g/mol. The van der Waals surface area contributed by atoms with E-state index in [4.69, 9.17) is 0 Å². The van der Waals surface area contributed by atoms with E-state index in [9.17, 15) is 14.0 Å². The Balaban J connectivity index is 1.63. The fourth-order valence-corrected chi connectivity index (χ4v) is 3.00. The normalized spacial score (nSPS) is 17.2. The first-order chi connectivity index (χ1) is 11.9. The first-order valence-corrected chi connectivity index (χ1v) is 8.93. The van der Waals surface area contributed by atoms with Crippen molar-refractivity contribution in [2.75, 3.05) is 39.8 Å². The molecule has 5 nitrogen and oxygen atoms in total. The van der Waals surface area contributed by atoms with Crippen LogP contribution in [-0.2, 0) is 4.79 Å². The van der Waals surface area contributed by atoms with Gasteiger partial charge in [-0.05, 0) is 44.7 Å². The van der Waals surface area contributed by atoms with Crippen LogP contribution in [0, 0.1) is 5.82 Å². The highest BCUT2D eigenvalue weighted by Crippen LogP contribution is 2.09. The number of benzene rings is 1. The van der Waals surface area contributed by atoms with E-state index in [2.05, 4.69) is 22.2 Å². The largest absolute Gasteiger partial charge is 0.352 e. The number of piperazine rings is 1. The van der Waals surface area contributed by atoms with Crippen molar-refractivity contribution in [1.82, 2.24) is 15.1 Å². The van der Waals surface area contributed by atoms with Crippen LogP contribution in [0.5, 0.6) is 0 Å². The Morgan fingerprint density at radius 1 is 1.12 bits per heavy atom. The van der Waals surface area contributed by atoms with Gasteiger partial charge < -0.3 is 10.2 Å². The minimum Gasteiger partial charge on any atom is -0.352 e. The maximum absolute atomic E-state index is 12.8. The van der Waals surface area contributed by atoms with E-state index < -0.39 is 0 Å². The Bertz CT molecular complexity index is 569. The Hall–Kier alpha value is -1.79. The summed E-state index contributed by atoms with van der Waals surface area (Å²) in [5.74, 6) is -0.433. The zero-order chi connectivity index (χ0) is 18.2. The molecule has 1 fully saturated rings. The molecule has 0 saturated carbocycles. The summed E-state index contributed by atoms with van der Waals surface area (Å²) in [6.07, 6.45) is 1.13. The Morgan fingerprint density at radius 2 is 1.76 bits per heavy atom. The first-order valence-electron chi connectivity index (χ1n) is 8.93. The number of nitrogens with one attached hydrogen (secondary N) is 1. The number of hydrogen-bond acceptors (Lipinski definition) is 4. The molecule has 1 heterocycles. The molecule has 1 atom stereocenters. The molecule has 1 N–H and O–H groups in total. The summed E-state index contributed by atoms with van der Waals surface area (Å²) in [5.41, 5.74) is 0.491. The van der Waals surface area contributed by atoms with Gasteiger partial charge >= 0.3 is 0 Å². The highest BCUT2D eigenvalue weighted by atomic mass is 19.1. The molecule has 0 spiro atoms. The topological polar surface area (TPSA) is 52.6 Å². The fourth-order valence-electron chi connectivity index (χ4n) is 3.00. The van der Waals surface area contributed by atoms with Gasteiger partial charge in [0.15, 0.2) is 5.78 Å². The van der Waals surface area contributed by atoms with Crippen LogP contribution in [0.25, 0.3) is 0 Å². The summed E-state index contributed by atoms with van der Waals surface area (Å²) in [5, 5.41) is 3.00. The first kappa shape index (κ1) is 19.5. The minimum absolute atomic E-state index is 0.0199. The maximum Gasteiger partial charge on any atom is 0.220 e. The zero-order valence-electron chi connectivity index (χ0n) is 15.1. The molecule has 6 heteroatoms. The minimum atomic E-state index is -0.356. The second-order valence-corrected chi connectivity index (χ2v) is 6.86. The quantitative estimate of drug-likeness (QED) is 0.729. The van der Waals surface area contributed by atoms with Gasteiger partial charge in [-0.25, -0.2) is 4.39 Å². The standard InChI is InChI=1S/C19H28FN3O2/c1-15(14-23-12-10-22(2)11-13-23)21-19(25)5-3-4-18(24)16-6-8-17(20)9-7-16/h6-9,15H,3-5,10-14H2,1-2H3,(H,21,25). The second kappa shape index (κ2) is 9.63. The number of rotatable bonds is 8. The van der Waals surface area contributed by atoms with E-state index in [1.807, 2.05) is 6.92 Å². The molecule has 1 saturated heterocycles. The summed E-state index contributed by atoms with van der Waals surface area (Å²) in [4.78, 5) is 28.7. The number of carbonyl (C=O) groups is 2. The molecule has 138 valence electrons. The van der Waals surface area contributed by atoms with Crippen molar-refractivity contribution < 1.29 is 14.0 Å². The summed E-state index contributed by atoms with van der Waals surface area (Å²) in [6, 6.07) is 5.62. The lowest BCUT2D eigenvalue weighted by molar-refractivity contribution is -0.121. The lowest BCUT2D eigenvalue weighted by Gasteiger charge is -2.34. The van der Waals surface area contributed by atoms with Gasteiger partial charge in [0.1, 0.15) is 5.82 Å². The predicted molar refractivity (Wildman–Crippen MR) is 96.1 cm³/mol. The van der Waals surface area contributed by atoms with Gasteiger partial charge in [0, 0.05) is 57.2 Å². The number of ketones is 1. The van der Waals surface area contributed by atoms with Crippen LogP contribution in [0.1, 0.15) is 36.5 Å². The third kappa shape index (κ3) is 6.92. The highest BCUT2D eigenvalue weighted by molar-refractivity contribution is 5.96. The van der Waals surface area contributed by atoms with Crippen LogP contribution in [0.15, 0.2) is 24.3 Å². The van der Waals surface area contributed by atoms with Crippen molar-refractivity contribution >= 4 is 11.7 Å². The van der Waals surface area contributed by atoms with Crippen LogP contribution >= 0.6 is 0 Å². The Kier molecular flexibility index (Phi) is 7.52. The molecule has 0 radical (unpaired) electrons. The average Bonchev–Trinajstić information content (AvgIpc) is 2.57. The van der Waals surface area contributed by atoms with E-state index in [1.165, 1.54) is 24.3 Å².